The van der Waals surface area contributed by atoms with Gasteiger partial charge >= 0.3 is 0 Å². The molecule has 0 fully saturated rings. The zero-order valence-corrected chi connectivity index (χ0v) is 11.2. The molecule has 0 amide bonds. The summed E-state index contributed by atoms with van der Waals surface area (Å²) in [5.74, 6) is 0. The van der Waals surface area contributed by atoms with Gasteiger partial charge in [0.15, 0.2) is 9.80 Å². The van der Waals surface area contributed by atoms with Crippen molar-refractivity contribution in [3.63, 3.8) is 0 Å². The minimum atomic E-state index is -4.38. The number of hydrogen-bond donors (Lipinski definition) is 0. The van der Waals surface area contributed by atoms with Crippen molar-refractivity contribution in [2.45, 2.75) is 6.92 Å². The molecule has 0 saturated carbocycles. The Labute approximate surface area is 107 Å². The van der Waals surface area contributed by atoms with E-state index in [9.17, 15) is 14.0 Å². The first-order chi connectivity index (χ1) is 7.97. The van der Waals surface area contributed by atoms with Crippen LogP contribution in [0, 0.1) is 10.2 Å². The fraction of sp³-hybridized carbons (Fsp3) is 0.100. The molecule has 0 N–H and O–H groups in total. The molecule has 0 radical (unpaired) electrons. The Morgan fingerprint density at radius 2 is 1.82 bits per heavy atom. The van der Waals surface area contributed by atoms with Crippen molar-refractivity contribution in [2.75, 3.05) is 0 Å². The number of allylic oxidation sites excluding steroid dienone is 1. The van der Waals surface area contributed by atoms with Gasteiger partial charge in [-0.3, -0.25) is 0 Å². The van der Waals surface area contributed by atoms with Gasteiger partial charge in [-0.25, -0.2) is 0 Å². The molecule has 0 saturated heterocycles. The van der Waals surface area contributed by atoms with E-state index in [0.717, 1.165) is 16.0 Å². The maximum Gasteiger partial charge on any atom is 0.175 e. The Bertz CT molecular complexity index is 479. The van der Waals surface area contributed by atoms with Crippen molar-refractivity contribution in [2.24, 2.45) is 0 Å². The molecule has 7 heteroatoms. The number of benzene rings is 1. The van der Waals surface area contributed by atoms with Crippen LogP contribution in [0.2, 0.25) is 0 Å². The van der Waals surface area contributed by atoms with Crippen LogP contribution >= 0.6 is 20.6 Å². The second kappa shape index (κ2) is 5.11. The molecule has 1 aliphatic heterocycles. The average Bonchev–Trinajstić information content (AvgIpc) is 2.60. The average molecular weight is 293 g/mol. The van der Waals surface area contributed by atoms with Crippen molar-refractivity contribution in [3.8, 4) is 0 Å². The summed E-state index contributed by atoms with van der Waals surface area (Å²) >= 11 is 0. The monoisotopic (exact) mass is 292 g/mol. The van der Waals surface area contributed by atoms with Crippen molar-refractivity contribution in [1.29, 1.82) is 0 Å². The largest absolute Gasteiger partial charge is 0.182 e. The summed E-state index contributed by atoms with van der Waals surface area (Å²) in [6.45, 7) is 1.77. The maximum absolute atomic E-state index is 10.5. The van der Waals surface area contributed by atoms with E-state index in [-0.39, 0.29) is 0 Å². The topological polar surface area (TPSA) is 78.4 Å². The Morgan fingerprint density at radius 3 is 2.41 bits per heavy atom. The van der Waals surface area contributed by atoms with Gasteiger partial charge in [0.25, 0.3) is 0 Å². The van der Waals surface area contributed by atoms with E-state index in [2.05, 4.69) is 3.74 Å². The van der Waals surface area contributed by atoms with Crippen LogP contribution in [0.5, 0.6) is 0 Å². The number of rotatable bonds is 3. The molecule has 1 atom stereocenters. The van der Waals surface area contributed by atoms with Crippen LogP contribution < -0.4 is 14.0 Å². The maximum atomic E-state index is 10.5. The summed E-state index contributed by atoms with van der Waals surface area (Å²) in [5, 5.41) is 1.81. The molecule has 0 aromatic heterocycles. The highest BCUT2D eigenvalue weighted by Crippen LogP contribution is 2.46. The van der Waals surface area contributed by atoms with Crippen LogP contribution in [0.25, 0.3) is 5.57 Å². The van der Waals surface area contributed by atoms with Crippen molar-refractivity contribution >= 4 is 31.0 Å². The van der Waals surface area contributed by atoms with Crippen molar-refractivity contribution < 1.29 is 28.0 Å². The molecular formula is C10H9ClO4S2. The molecule has 4 nitrogen and oxygen atoms in total. The molecule has 1 aliphatic rings. The van der Waals surface area contributed by atoms with Gasteiger partial charge in [-0.2, -0.15) is 14.0 Å². The van der Waals surface area contributed by atoms with E-state index >= 15 is 0 Å². The molecule has 92 valence electrons. The van der Waals surface area contributed by atoms with Crippen molar-refractivity contribution in [3.05, 3.63) is 41.3 Å². The van der Waals surface area contributed by atoms with E-state index in [1.54, 1.807) is 6.92 Å². The summed E-state index contributed by atoms with van der Waals surface area (Å²) in [4.78, 5) is 0.758. The number of hydrogen-bond acceptors (Lipinski definition) is 5. The van der Waals surface area contributed by atoms with Crippen LogP contribution in [0.4, 0.5) is 0 Å². The van der Waals surface area contributed by atoms with Gasteiger partial charge in [-0.05, 0) is 28.7 Å². The van der Waals surface area contributed by atoms with Gasteiger partial charge in [-0.1, -0.05) is 30.3 Å². The molecular weight excluding hydrogens is 284 g/mol. The lowest BCUT2D eigenvalue weighted by Gasteiger charge is -2.12. The highest BCUT2D eigenvalue weighted by Gasteiger charge is 2.29. The van der Waals surface area contributed by atoms with Gasteiger partial charge in [0.2, 0.25) is 0 Å². The third-order valence-corrected chi connectivity index (χ3v) is 6.43. The molecule has 0 aliphatic carbocycles. The second-order valence-corrected chi connectivity index (χ2v) is 7.48. The smallest absolute Gasteiger partial charge is 0.175 e. The molecule has 1 aromatic rings. The quantitative estimate of drug-likeness (QED) is 0.578. The lowest BCUT2D eigenvalue weighted by Crippen LogP contribution is -2.60. The van der Waals surface area contributed by atoms with E-state index in [4.69, 9.17) is 0 Å². The Morgan fingerprint density at radius 1 is 1.18 bits per heavy atom. The lowest BCUT2D eigenvalue weighted by molar-refractivity contribution is -1.91. The van der Waals surface area contributed by atoms with E-state index in [1.807, 2.05) is 35.7 Å². The molecule has 1 unspecified atom stereocenters. The van der Waals surface area contributed by atoms with E-state index < -0.39 is 20.0 Å². The first kappa shape index (κ1) is 13.1. The normalized spacial score (nSPS) is 20.6. The molecule has 1 aromatic carbocycles. The highest BCUT2D eigenvalue weighted by molar-refractivity contribution is 8.83. The summed E-state index contributed by atoms with van der Waals surface area (Å²) in [7, 11) is -4.23. The van der Waals surface area contributed by atoms with Crippen LogP contribution in [-0.4, -0.2) is 4.86 Å². The van der Waals surface area contributed by atoms with Crippen molar-refractivity contribution in [1.82, 2.24) is 0 Å². The van der Waals surface area contributed by atoms with Gasteiger partial charge in [0.05, 0.1) is 10.2 Å². The minimum absolute atomic E-state index is 0.758. The van der Waals surface area contributed by atoms with Gasteiger partial charge < -0.3 is 0 Å². The zero-order valence-electron chi connectivity index (χ0n) is 8.79. The van der Waals surface area contributed by atoms with Crippen LogP contribution in [0.3, 0.4) is 0 Å². The summed E-state index contributed by atoms with van der Waals surface area (Å²) < 4.78 is 36.0. The van der Waals surface area contributed by atoms with Crippen LogP contribution in [-0.2, 0) is 3.74 Å². The lowest BCUT2D eigenvalue weighted by atomic mass is 10.1. The van der Waals surface area contributed by atoms with Crippen LogP contribution in [0.15, 0.2) is 35.7 Å². The van der Waals surface area contributed by atoms with Gasteiger partial charge in [-0.15, -0.1) is 0 Å². The predicted octanol–water partition coefficient (Wildman–Crippen LogP) is -0.0206. The van der Waals surface area contributed by atoms with E-state index in [1.165, 1.54) is 10.8 Å². The highest BCUT2D eigenvalue weighted by atomic mass is 35.7. The standard InChI is InChI=1S/C10H9ClO4S2/c1-8-10(9-5-3-2-4-6-9)7-16-17(8)15-11(12,13)14/h2-7H,1H3. The second-order valence-electron chi connectivity index (χ2n) is 3.23. The number of halogens is 1. The SMILES string of the molecule is CC1=S(O[Cl+3]([O-])([O-])[O-])SC=C1c1ccccc1. The Hall–Kier alpha value is -0.340. The molecule has 0 spiro atoms. The zero-order chi connectivity index (χ0) is 12.5. The molecule has 17 heavy (non-hydrogen) atoms. The summed E-state index contributed by atoms with van der Waals surface area (Å²) in [5.41, 5.74) is 1.90. The predicted molar refractivity (Wildman–Crippen MR) is 61.4 cm³/mol. The van der Waals surface area contributed by atoms with Gasteiger partial charge in [0.1, 0.15) is 3.74 Å². The molecule has 1 heterocycles. The molecule has 2 rings (SSSR count). The summed E-state index contributed by atoms with van der Waals surface area (Å²) in [6, 6.07) is 9.54. The fourth-order valence-corrected chi connectivity index (χ4v) is 5.57. The third kappa shape index (κ3) is 3.32. The van der Waals surface area contributed by atoms with Gasteiger partial charge in [0, 0.05) is 10.4 Å². The Balaban J connectivity index is 2.24. The van der Waals surface area contributed by atoms with Crippen LogP contribution in [0.1, 0.15) is 12.5 Å². The van der Waals surface area contributed by atoms with E-state index in [0.29, 0.717) is 0 Å². The fourth-order valence-electron chi connectivity index (χ4n) is 1.36. The molecule has 0 bridgehead atoms. The third-order valence-electron chi connectivity index (χ3n) is 2.10. The Kier molecular flexibility index (Phi) is 3.94. The first-order valence-electron chi connectivity index (χ1n) is 4.59. The minimum Gasteiger partial charge on any atom is -0.182 e. The summed E-state index contributed by atoms with van der Waals surface area (Å²) in [6.07, 6.45) is 0. The first-order valence-corrected chi connectivity index (χ1v) is 8.37.